The lowest BCUT2D eigenvalue weighted by Gasteiger charge is -2.18. The second-order valence-corrected chi connectivity index (χ2v) is 9.46. The highest BCUT2D eigenvalue weighted by atomic mass is 32.2. The van der Waals surface area contributed by atoms with Gasteiger partial charge in [0.15, 0.2) is 17.3 Å². The number of nitro benzene ring substituents is 1. The minimum atomic E-state index is -0.754. The smallest absolute Gasteiger partial charge is 0.277 e. The molecule has 1 aromatic carbocycles. The van der Waals surface area contributed by atoms with E-state index in [1.54, 1.807) is 6.07 Å². The SMILES string of the molecule is COc1cc2c([N+](=O)[O-])cc1OCCOCCOCCOCCOCCC(=O)NC(C(=O)CCCN)CSC2. The Labute approximate surface area is 232 Å². The number of nitrogens with one attached hydrogen (secondary N) is 1. The molecule has 0 fully saturated rings. The maximum Gasteiger partial charge on any atom is 0.277 e. The summed E-state index contributed by atoms with van der Waals surface area (Å²) in [6.07, 6.45) is 0.807. The Kier molecular flexibility index (Phi) is 16.4. The molecule has 0 aliphatic carbocycles. The molecule has 2 bridgehead atoms. The molecule has 2 heterocycles. The van der Waals surface area contributed by atoms with Gasteiger partial charge in [0.25, 0.3) is 5.69 Å². The second kappa shape index (κ2) is 19.6. The fourth-order valence-electron chi connectivity index (χ4n) is 3.51. The number of benzene rings is 1. The summed E-state index contributed by atoms with van der Waals surface area (Å²) >= 11 is 1.30. The van der Waals surface area contributed by atoms with Crippen molar-refractivity contribution in [3.8, 4) is 11.5 Å². The van der Waals surface area contributed by atoms with Crippen molar-refractivity contribution in [2.45, 2.75) is 31.1 Å². The number of carbonyl (C=O) groups excluding carboxylic acids is 2. The molecular formula is C25H39N3O10S. The highest BCUT2D eigenvalue weighted by Gasteiger charge is 2.23. The number of nitro groups is 1. The van der Waals surface area contributed by atoms with E-state index in [-0.39, 0.29) is 67.3 Å². The van der Waals surface area contributed by atoms with Crippen LogP contribution in [0.4, 0.5) is 5.69 Å². The number of ether oxygens (including phenoxy) is 6. The Bertz CT molecular complexity index is 905. The van der Waals surface area contributed by atoms with Gasteiger partial charge < -0.3 is 39.5 Å². The minimum Gasteiger partial charge on any atom is -0.493 e. The number of amides is 1. The molecule has 13 nitrogen and oxygen atoms in total. The standard InChI is InChI=1S/C25H39N3O10S/c1-33-23-15-19-17-39-18-20(22(29)3-2-5-26)27-25(30)4-6-34-7-8-35-9-10-36-11-12-37-13-14-38-24(23)16-21(19)28(31)32/h15-16,20H,2-14,17-18,26H2,1H3,(H,27,30). The van der Waals surface area contributed by atoms with Gasteiger partial charge in [0.2, 0.25) is 5.91 Å². The number of fused-ring (bicyclic) bond motifs is 22. The van der Waals surface area contributed by atoms with Crippen molar-refractivity contribution in [2.75, 3.05) is 78.9 Å². The Hall–Kier alpha value is -2.49. The average molecular weight is 574 g/mol. The number of ketones is 1. The van der Waals surface area contributed by atoms with E-state index in [0.717, 1.165) is 0 Å². The summed E-state index contributed by atoms with van der Waals surface area (Å²) in [5.74, 6) is 0.557. The van der Waals surface area contributed by atoms with Gasteiger partial charge in [-0.25, -0.2) is 0 Å². The van der Waals surface area contributed by atoms with E-state index in [1.807, 2.05) is 0 Å². The summed E-state index contributed by atoms with van der Waals surface area (Å²) in [4.78, 5) is 36.5. The van der Waals surface area contributed by atoms with Gasteiger partial charge >= 0.3 is 0 Å². The van der Waals surface area contributed by atoms with Gasteiger partial charge in [0.05, 0.1) is 77.0 Å². The predicted octanol–water partition coefficient (Wildman–Crippen LogP) is 1.48. The van der Waals surface area contributed by atoms with Crippen molar-refractivity contribution in [3.05, 3.63) is 27.8 Å². The van der Waals surface area contributed by atoms with Crippen molar-refractivity contribution < 1.29 is 42.9 Å². The summed E-state index contributed by atoms with van der Waals surface area (Å²) < 4.78 is 32.9. The minimum absolute atomic E-state index is 0.0819. The van der Waals surface area contributed by atoms with Crippen LogP contribution in [0.15, 0.2) is 12.1 Å². The molecule has 0 saturated heterocycles. The molecule has 3 N–H and O–H groups in total. The zero-order valence-corrected chi connectivity index (χ0v) is 23.2. The zero-order chi connectivity index (χ0) is 28.3. The molecule has 3 rings (SSSR count). The number of hydrogen-bond acceptors (Lipinski definition) is 12. The van der Waals surface area contributed by atoms with Gasteiger partial charge in [0, 0.05) is 29.9 Å². The molecule has 0 saturated carbocycles. The van der Waals surface area contributed by atoms with E-state index in [2.05, 4.69) is 5.32 Å². The molecule has 0 radical (unpaired) electrons. The van der Waals surface area contributed by atoms with Crippen LogP contribution in [-0.2, 0) is 34.3 Å². The Morgan fingerprint density at radius 3 is 2.28 bits per heavy atom. The van der Waals surface area contributed by atoms with Gasteiger partial charge in [-0.05, 0) is 19.0 Å². The number of hydrogen-bond donors (Lipinski definition) is 2. The number of rotatable bonds is 6. The number of Topliss-reactive ketones (excluding diaryl/α,β-unsaturated/α-hetero) is 1. The van der Waals surface area contributed by atoms with Crippen molar-refractivity contribution in [1.29, 1.82) is 0 Å². The fraction of sp³-hybridized carbons (Fsp3) is 0.680. The number of nitrogens with zero attached hydrogens (tertiary/aromatic N) is 1. The van der Waals surface area contributed by atoms with Gasteiger partial charge in [0.1, 0.15) is 6.61 Å². The van der Waals surface area contributed by atoms with E-state index < -0.39 is 11.0 Å². The Morgan fingerprint density at radius 1 is 1.08 bits per heavy atom. The van der Waals surface area contributed by atoms with Crippen molar-refractivity contribution in [1.82, 2.24) is 5.32 Å². The molecule has 14 heteroatoms. The molecule has 1 atom stereocenters. The summed E-state index contributed by atoms with van der Waals surface area (Å²) in [5, 5.41) is 14.6. The Morgan fingerprint density at radius 2 is 1.69 bits per heavy atom. The quantitative estimate of drug-likeness (QED) is 0.286. The third-order valence-corrected chi connectivity index (χ3v) is 6.61. The molecular weight excluding hydrogens is 534 g/mol. The van der Waals surface area contributed by atoms with Gasteiger partial charge in [-0.1, -0.05) is 0 Å². The maximum atomic E-state index is 12.7. The first-order chi connectivity index (χ1) is 19.0. The third-order valence-electron chi connectivity index (χ3n) is 5.53. The summed E-state index contributed by atoms with van der Waals surface area (Å²) in [7, 11) is 1.45. The molecule has 2 aliphatic heterocycles. The lowest BCUT2D eigenvalue weighted by atomic mass is 10.1. The normalized spacial score (nSPS) is 19.6. The van der Waals surface area contributed by atoms with Crippen LogP contribution in [0.2, 0.25) is 0 Å². The number of nitrogens with two attached hydrogens (primary N) is 1. The average Bonchev–Trinajstić information content (AvgIpc) is 2.92. The van der Waals surface area contributed by atoms with Crippen LogP contribution in [0.5, 0.6) is 11.5 Å². The van der Waals surface area contributed by atoms with Gasteiger partial charge in [-0.2, -0.15) is 11.8 Å². The summed E-state index contributed by atoms with van der Waals surface area (Å²) in [5.41, 5.74) is 5.82. The van der Waals surface area contributed by atoms with Crippen LogP contribution in [0, 0.1) is 10.1 Å². The molecule has 2 aliphatic rings. The lowest BCUT2D eigenvalue weighted by Crippen LogP contribution is -2.43. The third kappa shape index (κ3) is 12.9. The number of methoxy groups -OCH3 is 1. The summed E-state index contributed by atoms with van der Waals surface area (Å²) in [6.45, 7) is 3.18. The van der Waals surface area contributed by atoms with E-state index in [0.29, 0.717) is 63.9 Å². The van der Waals surface area contributed by atoms with Gasteiger partial charge in [-0.3, -0.25) is 19.7 Å². The highest BCUT2D eigenvalue weighted by Crippen LogP contribution is 2.36. The first-order valence-electron chi connectivity index (χ1n) is 12.8. The zero-order valence-electron chi connectivity index (χ0n) is 22.4. The summed E-state index contributed by atoms with van der Waals surface area (Å²) in [6, 6.07) is 2.13. The van der Waals surface area contributed by atoms with Gasteiger partial charge in [-0.15, -0.1) is 0 Å². The van der Waals surface area contributed by atoms with Crippen LogP contribution in [-0.4, -0.2) is 102 Å². The van der Waals surface area contributed by atoms with E-state index in [1.165, 1.54) is 24.9 Å². The highest BCUT2D eigenvalue weighted by molar-refractivity contribution is 7.98. The van der Waals surface area contributed by atoms with Crippen molar-refractivity contribution in [3.63, 3.8) is 0 Å². The number of carbonyl (C=O) groups is 2. The number of thioether (sulfide) groups is 1. The first-order valence-corrected chi connectivity index (χ1v) is 14.0. The van der Waals surface area contributed by atoms with Crippen LogP contribution in [0.1, 0.15) is 24.8 Å². The van der Waals surface area contributed by atoms with Crippen LogP contribution >= 0.6 is 11.8 Å². The molecule has 39 heavy (non-hydrogen) atoms. The largest absolute Gasteiger partial charge is 0.493 e. The molecule has 1 aromatic rings. The monoisotopic (exact) mass is 573 g/mol. The first kappa shape index (κ1) is 32.7. The van der Waals surface area contributed by atoms with E-state index in [4.69, 9.17) is 34.2 Å². The molecule has 1 unspecified atom stereocenters. The van der Waals surface area contributed by atoms with Crippen molar-refractivity contribution in [2.24, 2.45) is 5.73 Å². The fourth-order valence-corrected chi connectivity index (χ4v) is 4.58. The van der Waals surface area contributed by atoms with E-state index >= 15 is 0 Å². The molecule has 1 amide bonds. The van der Waals surface area contributed by atoms with Crippen LogP contribution in [0.3, 0.4) is 0 Å². The van der Waals surface area contributed by atoms with Crippen LogP contribution in [0.25, 0.3) is 0 Å². The lowest BCUT2D eigenvalue weighted by molar-refractivity contribution is -0.385. The molecule has 0 spiro atoms. The van der Waals surface area contributed by atoms with Crippen molar-refractivity contribution >= 4 is 29.1 Å². The molecule has 220 valence electrons. The predicted molar refractivity (Wildman–Crippen MR) is 144 cm³/mol. The van der Waals surface area contributed by atoms with Crippen LogP contribution < -0.4 is 20.5 Å². The second-order valence-electron chi connectivity index (χ2n) is 8.43. The Balaban J connectivity index is 2.13. The van der Waals surface area contributed by atoms with E-state index in [9.17, 15) is 19.7 Å². The maximum absolute atomic E-state index is 12.7. The topological polar surface area (TPSA) is 171 Å². The molecule has 0 aromatic heterocycles.